The normalized spacial score (nSPS) is 11.2. The lowest BCUT2D eigenvalue weighted by Crippen LogP contribution is -2.07. The first-order chi connectivity index (χ1) is 9.00. The van der Waals surface area contributed by atoms with Crippen LogP contribution in [0, 0.1) is 0 Å². The first-order valence-corrected chi connectivity index (χ1v) is 5.41. The Labute approximate surface area is 107 Å². The van der Waals surface area contributed by atoms with E-state index in [0.29, 0.717) is 17.2 Å². The van der Waals surface area contributed by atoms with Crippen LogP contribution in [0.15, 0.2) is 48.5 Å². The smallest absolute Gasteiger partial charge is 0.416 e. The standard InChI is InChI=1S/C13H11F3N2O/c14-13(15,16)9-5-7-10(8-6-9)19-12-4-2-1-3-11(12)18-17/h1-8,18H,17H2. The van der Waals surface area contributed by atoms with E-state index in [9.17, 15) is 13.2 Å². The van der Waals surface area contributed by atoms with E-state index in [1.165, 1.54) is 12.1 Å². The van der Waals surface area contributed by atoms with Crippen molar-refractivity contribution in [2.24, 2.45) is 5.84 Å². The summed E-state index contributed by atoms with van der Waals surface area (Å²) in [4.78, 5) is 0. The molecule has 3 N–H and O–H groups in total. The molecule has 0 fully saturated rings. The summed E-state index contributed by atoms with van der Waals surface area (Å²) in [5.74, 6) is 6.04. The number of nitrogens with two attached hydrogens (primary N) is 1. The van der Waals surface area contributed by atoms with Crippen LogP contribution in [0.5, 0.6) is 11.5 Å². The van der Waals surface area contributed by atoms with Crippen LogP contribution in [0.4, 0.5) is 18.9 Å². The van der Waals surface area contributed by atoms with Crippen molar-refractivity contribution >= 4 is 5.69 Å². The number of benzene rings is 2. The molecule has 0 atom stereocenters. The van der Waals surface area contributed by atoms with E-state index in [1.807, 2.05) is 0 Å². The fourth-order valence-electron chi connectivity index (χ4n) is 1.51. The molecule has 0 saturated heterocycles. The van der Waals surface area contributed by atoms with Crippen molar-refractivity contribution in [3.05, 3.63) is 54.1 Å². The van der Waals surface area contributed by atoms with Gasteiger partial charge in [0.25, 0.3) is 0 Å². The third-order valence-corrected chi connectivity index (χ3v) is 2.45. The molecule has 0 aliphatic carbocycles. The molecule has 0 aromatic heterocycles. The number of hydrogen-bond donors (Lipinski definition) is 2. The Bertz CT molecular complexity index is 553. The first kappa shape index (κ1) is 13.2. The zero-order chi connectivity index (χ0) is 13.9. The van der Waals surface area contributed by atoms with E-state index in [-0.39, 0.29) is 0 Å². The number of nitrogens with one attached hydrogen (secondary N) is 1. The molecule has 0 amide bonds. The Kier molecular flexibility index (Phi) is 3.62. The van der Waals surface area contributed by atoms with Crippen molar-refractivity contribution in [2.45, 2.75) is 6.18 Å². The summed E-state index contributed by atoms with van der Waals surface area (Å²) in [6.45, 7) is 0. The summed E-state index contributed by atoms with van der Waals surface area (Å²) in [5.41, 5.74) is 2.27. The minimum Gasteiger partial charge on any atom is -0.455 e. The monoisotopic (exact) mass is 268 g/mol. The zero-order valence-corrected chi connectivity index (χ0v) is 9.74. The molecule has 0 unspecified atom stereocenters. The number of halogens is 3. The van der Waals surface area contributed by atoms with E-state index in [0.717, 1.165) is 12.1 Å². The highest BCUT2D eigenvalue weighted by atomic mass is 19.4. The molecule has 0 radical (unpaired) electrons. The third kappa shape index (κ3) is 3.17. The Morgan fingerprint density at radius 3 is 2.16 bits per heavy atom. The Morgan fingerprint density at radius 2 is 1.58 bits per heavy atom. The van der Waals surface area contributed by atoms with Gasteiger partial charge in [0.05, 0.1) is 11.3 Å². The quantitative estimate of drug-likeness (QED) is 0.657. The summed E-state index contributed by atoms with van der Waals surface area (Å²) in [5, 5.41) is 0. The lowest BCUT2D eigenvalue weighted by molar-refractivity contribution is -0.137. The lowest BCUT2D eigenvalue weighted by Gasteiger charge is -2.11. The van der Waals surface area contributed by atoms with Gasteiger partial charge in [-0.15, -0.1) is 0 Å². The molecule has 0 bridgehead atoms. The second-order valence-electron chi connectivity index (χ2n) is 3.76. The summed E-state index contributed by atoms with van der Waals surface area (Å²) >= 11 is 0. The Hall–Kier alpha value is -2.21. The number of nitrogen functional groups attached to an aromatic ring is 1. The van der Waals surface area contributed by atoms with Gasteiger partial charge in [-0.2, -0.15) is 13.2 Å². The van der Waals surface area contributed by atoms with Gasteiger partial charge in [0.2, 0.25) is 0 Å². The molecule has 2 aromatic rings. The molecular weight excluding hydrogens is 257 g/mol. The summed E-state index contributed by atoms with van der Waals surface area (Å²) in [6.07, 6.45) is -4.35. The molecule has 0 heterocycles. The average Bonchev–Trinajstić information content (AvgIpc) is 2.39. The molecule has 2 rings (SSSR count). The van der Waals surface area contributed by atoms with Crippen molar-refractivity contribution in [3.63, 3.8) is 0 Å². The highest BCUT2D eigenvalue weighted by molar-refractivity contribution is 5.56. The van der Waals surface area contributed by atoms with Crippen molar-refractivity contribution in [3.8, 4) is 11.5 Å². The number of ether oxygens (including phenoxy) is 1. The van der Waals surface area contributed by atoms with Gasteiger partial charge in [-0.05, 0) is 36.4 Å². The maximum absolute atomic E-state index is 12.4. The van der Waals surface area contributed by atoms with Gasteiger partial charge in [-0.3, -0.25) is 5.84 Å². The Balaban J connectivity index is 2.20. The van der Waals surface area contributed by atoms with Crippen LogP contribution in [-0.4, -0.2) is 0 Å². The number of hydrazine groups is 1. The summed E-state index contributed by atoms with van der Waals surface area (Å²) in [7, 11) is 0. The largest absolute Gasteiger partial charge is 0.455 e. The summed E-state index contributed by atoms with van der Waals surface area (Å²) < 4.78 is 42.7. The van der Waals surface area contributed by atoms with Crippen LogP contribution >= 0.6 is 0 Å². The van der Waals surface area contributed by atoms with Crippen LogP contribution in [0.2, 0.25) is 0 Å². The minimum absolute atomic E-state index is 0.302. The molecule has 0 aliphatic heterocycles. The van der Waals surface area contributed by atoms with Gasteiger partial charge in [0, 0.05) is 0 Å². The second-order valence-corrected chi connectivity index (χ2v) is 3.76. The van der Waals surface area contributed by atoms with Gasteiger partial charge in [0.15, 0.2) is 5.75 Å². The van der Waals surface area contributed by atoms with E-state index < -0.39 is 11.7 Å². The third-order valence-electron chi connectivity index (χ3n) is 2.45. The molecule has 6 heteroatoms. The van der Waals surface area contributed by atoms with Crippen molar-refractivity contribution in [1.29, 1.82) is 0 Å². The predicted octanol–water partition coefficient (Wildman–Crippen LogP) is 3.78. The van der Waals surface area contributed by atoms with Crippen molar-refractivity contribution in [2.75, 3.05) is 5.43 Å². The van der Waals surface area contributed by atoms with Gasteiger partial charge in [-0.25, -0.2) is 0 Å². The van der Waals surface area contributed by atoms with Crippen LogP contribution in [0.25, 0.3) is 0 Å². The molecule has 2 aromatic carbocycles. The molecule has 100 valence electrons. The van der Waals surface area contributed by atoms with Gasteiger partial charge < -0.3 is 10.2 Å². The maximum atomic E-state index is 12.4. The highest BCUT2D eigenvalue weighted by Crippen LogP contribution is 2.32. The second kappa shape index (κ2) is 5.19. The van der Waals surface area contributed by atoms with E-state index >= 15 is 0 Å². The molecule has 19 heavy (non-hydrogen) atoms. The van der Waals surface area contributed by atoms with E-state index in [4.69, 9.17) is 10.6 Å². The molecule has 3 nitrogen and oxygen atoms in total. The summed E-state index contributed by atoms with van der Waals surface area (Å²) in [6, 6.07) is 11.3. The average molecular weight is 268 g/mol. The minimum atomic E-state index is -4.35. The van der Waals surface area contributed by atoms with Crippen molar-refractivity contribution < 1.29 is 17.9 Å². The van der Waals surface area contributed by atoms with E-state index in [1.54, 1.807) is 24.3 Å². The van der Waals surface area contributed by atoms with E-state index in [2.05, 4.69) is 5.43 Å². The van der Waals surface area contributed by atoms with Gasteiger partial charge >= 0.3 is 6.18 Å². The van der Waals surface area contributed by atoms with Crippen LogP contribution < -0.4 is 16.0 Å². The van der Waals surface area contributed by atoms with Gasteiger partial charge in [-0.1, -0.05) is 12.1 Å². The topological polar surface area (TPSA) is 47.3 Å². The predicted molar refractivity (Wildman–Crippen MR) is 65.8 cm³/mol. The van der Waals surface area contributed by atoms with Crippen LogP contribution in [0.1, 0.15) is 5.56 Å². The van der Waals surface area contributed by atoms with Crippen LogP contribution in [0.3, 0.4) is 0 Å². The molecule has 0 aliphatic rings. The van der Waals surface area contributed by atoms with Gasteiger partial charge in [0.1, 0.15) is 5.75 Å². The van der Waals surface area contributed by atoms with Crippen LogP contribution in [-0.2, 0) is 6.18 Å². The number of anilines is 1. The zero-order valence-electron chi connectivity index (χ0n) is 9.74. The number of para-hydroxylation sites is 2. The fraction of sp³-hybridized carbons (Fsp3) is 0.0769. The number of rotatable bonds is 3. The molecular formula is C13H11F3N2O. The molecule has 0 spiro atoms. The maximum Gasteiger partial charge on any atom is 0.416 e. The Morgan fingerprint density at radius 1 is 0.947 bits per heavy atom. The molecule has 0 saturated carbocycles. The lowest BCUT2D eigenvalue weighted by atomic mass is 10.2. The number of alkyl halides is 3. The van der Waals surface area contributed by atoms with Crippen molar-refractivity contribution in [1.82, 2.24) is 0 Å². The highest BCUT2D eigenvalue weighted by Gasteiger charge is 2.30. The SMILES string of the molecule is NNc1ccccc1Oc1ccc(C(F)(F)F)cc1. The fourth-order valence-corrected chi connectivity index (χ4v) is 1.51. The number of hydrogen-bond acceptors (Lipinski definition) is 3. The first-order valence-electron chi connectivity index (χ1n) is 5.41.